The van der Waals surface area contributed by atoms with Gasteiger partial charge in [-0.05, 0) is 23.5 Å². The van der Waals surface area contributed by atoms with Crippen molar-refractivity contribution in [1.29, 1.82) is 0 Å². The average Bonchev–Trinajstić information content (AvgIpc) is 2.41. The third kappa shape index (κ3) is 6.31. The van der Waals surface area contributed by atoms with Crippen LogP contribution in [0.25, 0.3) is 0 Å². The van der Waals surface area contributed by atoms with E-state index < -0.39 is 21.0 Å². The van der Waals surface area contributed by atoms with E-state index in [1.807, 2.05) is 24.3 Å². The molecular formula is C15H22ClF3Si. The Kier molecular flexibility index (Phi) is 7.67. The molecule has 0 saturated carbocycles. The van der Waals surface area contributed by atoms with Crippen molar-refractivity contribution in [2.45, 2.75) is 56.9 Å². The van der Waals surface area contributed by atoms with Gasteiger partial charge in [0.15, 0.2) is 0 Å². The first-order valence-electron chi connectivity index (χ1n) is 7.18. The molecule has 1 rings (SSSR count). The molecule has 0 saturated heterocycles. The zero-order chi connectivity index (χ0) is 15.0. The zero-order valence-electron chi connectivity index (χ0n) is 11.8. The van der Waals surface area contributed by atoms with E-state index in [0.29, 0.717) is 6.42 Å². The quantitative estimate of drug-likeness (QED) is 0.216. The second-order valence-corrected chi connectivity index (χ2v) is 7.10. The minimum atomic E-state index is -5.55. The van der Waals surface area contributed by atoms with E-state index in [9.17, 15) is 12.3 Å². The molecule has 0 aliphatic rings. The Labute approximate surface area is 125 Å². The third-order valence-electron chi connectivity index (χ3n) is 3.52. The normalized spacial score (nSPS) is 13.4. The summed E-state index contributed by atoms with van der Waals surface area (Å²) < 4.78 is 38.7. The van der Waals surface area contributed by atoms with Crippen molar-refractivity contribution in [1.82, 2.24) is 0 Å². The highest BCUT2D eigenvalue weighted by Gasteiger charge is 2.40. The predicted octanol–water partition coefficient (Wildman–Crippen LogP) is 6.33. The fraction of sp³-hybridized carbons (Fsp3) is 0.600. The Morgan fingerprint density at radius 2 is 1.80 bits per heavy atom. The molecule has 0 spiro atoms. The van der Waals surface area contributed by atoms with Gasteiger partial charge in [0, 0.05) is 11.9 Å². The van der Waals surface area contributed by atoms with Crippen LogP contribution in [0.3, 0.4) is 0 Å². The predicted molar refractivity (Wildman–Crippen MR) is 81.4 cm³/mol. The van der Waals surface area contributed by atoms with Gasteiger partial charge in [-0.25, -0.2) is 12.3 Å². The summed E-state index contributed by atoms with van der Waals surface area (Å²) >= 11 is 5.86. The van der Waals surface area contributed by atoms with Gasteiger partial charge in [-0.3, -0.25) is 0 Å². The lowest BCUT2D eigenvalue weighted by molar-refractivity contribution is 0.443. The summed E-state index contributed by atoms with van der Waals surface area (Å²) in [6, 6.07) is 6.66. The number of unbranched alkanes of at least 4 members (excludes halogenated alkanes) is 3. The molecule has 114 valence electrons. The van der Waals surface area contributed by atoms with Crippen LogP contribution in [-0.4, -0.2) is 9.08 Å². The van der Waals surface area contributed by atoms with Gasteiger partial charge >= 0.3 is 9.08 Å². The lowest BCUT2D eigenvalue weighted by atomic mass is 9.91. The molecule has 1 unspecified atom stereocenters. The van der Waals surface area contributed by atoms with Crippen molar-refractivity contribution < 1.29 is 12.3 Å². The van der Waals surface area contributed by atoms with Crippen LogP contribution in [0.2, 0.25) is 6.04 Å². The van der Waals surface area contributed by atoms with Gasteiger partial charge in [0.2, 0.25) is 0 Å². The molecule has 0 nitrogen and oxygen atoms in total. The first-order valence-corrected chi connectivity index (χ1v) is 9.56. The summed E-state index contributed by atoms with van der Waals surface area (Å²) in [5.41, 5.74) is 1.64. The maximum absolute atomic E-state index is 12.9. The Morgan fingerprint density at radius 3 is 2.40 bits per heavy atom. The minimum absolute atomic E-state index is 0.279. The number of halogens is 4. The highest BCUT2D eigenvalue weighted by molar-refractivity contribution is 6.58. The molecule has 0 fully saturated rings. The highest BCUT2D eigenvalue weighted by Crippen LogP contribution is 2.35. The third-order valence-corrected chi connectivity index (χ3v) is 4.77. The Balaban J connectivity index is 2.80. The van der Waals surface area contributed by atoms with Gasteiger partial charge in [0.1, 0.15) is 0 Å². The van der Waals surface area contributed by atoms with Crippen molar-refractivity contribution >= 4 is 20.7 Å². The molecule has 1 atom stereocenters. The minimum Gasteiger partial charge on any atom is -0.238 e. The van der Waals surface area contributed by atoms with Crippen molar-refractivity contribution in [3.05, 3.63) is 35.4 Å². The number of hydrogen-bond donors (Lipinski definition) is 0. The molecule has 0 heterocycles. The van der Waals surface area contributed by atoms with E-state index in [1.54, 1.807) is 0 Å². The van der Waals surface area contributed by atoms with Gasteiger partial charge in [-0.1, -0.05) is 56.9 Å². The molecule has 20 heavy (non-hydrogen) atoms. The zero-order valence-corrected chi connectivity index (χ0v) is 13.6. The highest BCUT2D eigenvalue weighted by atomic mass is 35.5. The number of rotatable bonds is 9. The lowest BCUT2D eigenvalue weighted by Gasteiger charge is -2.20. The van der Waals surface area contributed by atoms with Crippen molar-refractivity contribution in [2.24, 2.45) is 0 Å². The summed E-state index contributed by atoms with van der Waals surface area (Å²) in [7, 11) is -5.55. The van der Waals surface area contributed by atoms with Crippen LogP contribution in [0.1, 0.15) is 56.1 Å². The standard InChI is InChI=1S/C15H22ClF3Si/c1-2-3-4-5-9-14(12-20(17,18)19)15-10-7-6-8-13(15)11-16/h6-8,10,14H,2-5,9,11-12H2,1H3. The van der Waals surface area contributed by atoms with Crippen LogP contribution in [-0.2, 0) is 5.88 Å². The van der Waals surface area contributed by atoms with E-state index in [0.717, 1.165) is 36.8 Å². The van der Waals surface area contributed by atoms with Crippen molar-refractivity contribution in [3.8, 4) is 0 Å². The van der Waals surface area contributed by atoms with E-state index in [2.05, 4.69) is 6.92 Å². The van der Waals surface area contributed by atoms with Crippen LogP contribution in [0.4, 0.5) is 12.3 Å². The topological polar surface area (TPSA) is 0 Å². The second-order valence-electron chi connectivity index (χ2n) is 5.20. The van der Waals surface area contributed by atoms with Gasteiger partial charge in [0.05, 0.1) is 0 Å². The molecule has 0 aliphatic carbocycles. The lowest BCUT2D eigenvalue weighted by Crippen LogP contribution is -2.19. The average molecular weight is 323 g/mol. The van der Waals surface area contributed by atoms with Crippen LogP contribution >= 0.6 is 11.6 Å². The molecule has 1 aromatic carbocycles. The summed E-state index contributed by atoms with van der Waals surface area (Å²) in [6.07, 6.45) is 4.67. The molecule has 1 aromatic rings. The number of benzene rings is 1. The fourth-order valence-corrected chi connectivity index (χ4v) is 3.74. The SMILES string of the molecule is CCCCCCC(C[Si](F)(F)F)c1ccccc1CCl. The van der Waals surface area contributed by atoms with Gasteiger partial charge in [-0.2, -0.15) is 0 Å². The van der Waals surface area contributed by atoms with Crippen LogP contribution in [0.15, 0.2) is 24.3 Å². The van der Waals surface area contributed by atoms with Crippen molar-refractivity contribution in [2.75, 3.05) is 0 Å². The molecule has 0 aliphatic heterocycles. The summed E-state index contributed by atoms with van der Waals surface area (Å²) in [6.45, 7) is 2.10. The van der Waals surface area contributed by atoms with Crippen LogP contribution in [0.5, 0.6) is 0 Å². The van der Waals surface area contributed by atoms with Gasteiger partial charge in [-0.15, -0.1) is 11.6 Å². The Bertz CT molecular complexity index is 393. The smallest absolute Gasteiger partial charge is 0.238 e. The molecular weight excluding hydrogens is 301 g/mol. The van der Waals surface area contributed by atoms with Gasteiger partial charge in [0.25, 0.3) is 0 Å². The Morgan fingerprint density at radius 1 is 1.10 bits per heavy atom. The van der Waals surface area contributed by atoms with E-state index in [-0.39, 0.29) is 5.88 Å². The van der Waals surface area contributed by atoms with E-state index in [1.165, 1.54) is 0 Å². The first kappa shape index (κ1) is 17.6. The van der Waals surface area contributed by atoms with E-state index in [4.69, 9.17) is 11.6 Å². The van der Waals surface area contributed by atoms with Gasteiger partial charge < -0.3 is 0 Å². The molecule has 0 radical (unpaired) electrons. The largest absolute Gasteiger partial charge is 0.616 e. The van der Waals surface area contributed by atoms with E-state index >= 15 is 0 Å². The molecule has 0 bridgehead atoms. The Hall–Kier alpha value is -0.483. The fourth-order valence-electron chi connectivity index (χ4n) is 2.52. The maximum Gasteiger partial charge on any atom is 0.616 e. The number of hydrogen-bond acceptors (Lipinski definition) is 0. The molecule has 5 heteroatoms. The first-order chi connectivity index (χ1) is 9.48. The molecule has 0 aromatic heterocycles. The maximum atomic E-state index is 12.9. The second kappa shape index (κ2) is 8.73. The molecule has 0 N–H and O–H groups in total. The number of alkyl halides is 1. The summed E-state index contributed by atoms with van der Waals surface area (Å²) in [4.78, 5) is 0. The summed E-state index contributed by atoms with van der Waals surface area (Å²) in [5.74, 6) is -0.130. The van der Waals surface area contributed by atoms with Crippen LogP contribution in [0, 0.1) is 0 Å². The monoisotopic (exact) mass is 322 g/mol. The van der Waals surface area contributed by atoms with Crippen molar-refractivity contribution in [3.63, 3.8) is 0 Å². The molecule has 0 amide bonds. The van der Waals surface area contributed by atoms with Crippen LogP contribution < -0.4 is 0 Å². The summed E-state index contributed by atoms with van der Waals surface area (Å²) in [5, 5.41) is 0.